The monoisotopic (exact) mass is 398 g/mol. The van der Waals surface area contributed by atoms with Gasteiger partial charge in [0.2, 0.25) is 0 Å². The molecule has 148 valence electrons. The van der Waals surface area contributed by atoms with Gasteiger partial charge in [0.05, 0.1) is 11.4 Å². The molecule has 4 aromatic rings. The average molecular weight is 398 g/mol. The van der Waals surface area contributed by atoms with E-state index < -0.39 is 0 Å². The molecule has 0 radical (unpaired) electrons. The fourth-order valence-corrected chi connectivity index (χ4v) is 3.03. The van der Waals surface area contributed by atoms with Gasteiger partial charge in [0.25, 0.3) is 0 Å². The molecule has 0 aliphatic carbocycles. The number of hydrogen-bond donors (Lipinski definition) is 4. The molecule has 0 amide bonds. The van der Waals surface area contributed by atoms with Crippen LogP contribution >= 0.6 is 0 Å². The predicted octanol–water partition coefficient (Wildman–Crippen LogP) is 5.16. The second-order valence-corrected chi connectivity index (χ2v) is 6.66. The molecule has 0 spiro atoms. The summed E-state index contributed by atoms with van der Waals surface area (Å²) in [5, 5.41) is 39.9. The van der Waals surface area contributed by atoms with Crippen LogP contribution in [-0.2, 0) is 0 Å². The average Bonchev–Trinajstić information content (AvgIpc) is 2.75. The van der Waals surface area contributed by atoms with Crippen LogP contribution in [0.1, 0.15) is 11.1 Å². The van der Waals surface area contributed by atoms with Crippen molar-refractivity contribution < 1.29 is 20.4 Å². The van der Waals surface area contributed by atoms with Crippen LogP contribution in [0.15, 0.2) is 82.8 Å². The first-order valence-corrected chi connectivity index (χ1v) is 9.15. The van der Waals surface area contributed by atoms with Crippen molar-refractivity contribution >= 4 is 34.6 Å². The third-order valence-corrected chi connectivity index (χ3v) is 4.58. The second-order valence-electron chi connectivity index (χ2n) is 6.66. The van der Waals surface area contributed by atoms with Crippen LogP contribution in [0.2, 0.25) is 0 Å². The van der Waals surface area contributed by atoms with E-state index in [9.17, 15) is 20.4 Å². The van der Waals surface area contributed by atoms with Crippen LogP contribution in [0.4, 0.5) is 11.4 Å². The number of aliphatic imine (C=N–C) groups is 2. The Balaban J connectivity index is 1.68. The summed E-state index contributed by atoms with van der Waals surface area (Å²) in [5.74, 6) is -0.758. The van der Waals surface area contributed by atoms with Gasteiger partial charge in [-0.25, -0.2) is 0 Å². The van der Waals surface area contributed by atoms with Gasteiger partial charge in [0.1, 0.15) is 0 Å². The third kappa shape index (κ3) is 3.93. The fraction of sp³-hybridized carbons (Fsp3) is 0. The molecule has 4 N–H and O–H groups in total. The number of nitrogens with zero attached hydrogens (tertiary/aromatic N) is 2. The first-order valence-electron chi connectivity index (χ1n) is 9.15. The lowest BCUT2D eigenvalue weighted by Crippen LogP contribution is -1.82. The van der Waals surface area contributed by atoms with Gasteiger partial charge >= 0.3 is 0 Å². The molecule has 0 saturated carbocycles. The van der Waals surface area contributed by atoms with Crippen molar-refractivity contribution in [3.05, 3.63) is 83.9 Å². The van der Waals surface area contributed by atoms with E-state index in [0.717, 1.165) is 22.1 Å². The molecule has 0 atom stereocenters. The first kappa shape index (κ1) is 19.0. The number of hydrogen-bond acceptors (Lipinski definition) is 6. The molecule has 0 saturated heterocycles. The summed E-state index contributed by atoms with van der Waals surface area (Å²) in [4.78, 5) is 9.05. The maximum atomic E-state index is 9.63. The normalized spacial score (nSPS) is 11.6. The van der Waals surface area contributed by atoms with Crippen molar-refractivity contribution in [1.29, 1.82) is 0 Å². The minimum absolute atomic E-state index is 0.179. The van der Waals surface area contributed by atoms with Crippen LogP contribution in [0.3, 0.4) is 0 Å². The Hall–Kier alpha value is -4.32. The van der Waals surface area contributed by atoms with Crippen molar-refractivity contribution in [3.8, 4) is 23.0 Å². The minimum Gasteiger partial charge on any atom is -0.504 e. The molecule has 0 aliphatic rings. The molecule has 0 aliphatic heterocycles. The van der Waals surface area contributed by atoms with E-state index in [1.54, 1.807) is 24.6 Å². The Labute approximate surface area is 172 Å². The molecule has 0 heterocycles. The Morgan fingerprint density at radius 2 is 0.933 bits per heavy atom. The lowest BCUT2D eigenvalue weighted by atomic mass is 10.1. The maximum Gasteiger partial charge on any atom is 0.158 e. The van der Waals surface area contributed by atoms with Gasteiger partial charge in [-0.3, -0.25) is 9.98 Å². The number of fused-ring (bicyclic) bond motifs is 1. The van der Waals surface area contributed by atoms with Crippen molar-refractivity contribution in [2.75, 3.05) is 0 Å². The van der Waals surface area contributed by atoms with Crippen molar-refractivity contribution in [1.82, 2.24) is 0 Å². The highest BCUT2D eigenvalue weighted by atomic mass is 16.3. The molecule has 6 heteroatoms. The lowest BCUT2D eigenvalue weighted by Gasteiger charge is -2.05. The predicted molar refractivity (Wildman–Crippen MR) is 118 cm³/mol. The van der Waals surface area contributed by atoms with E-state index in [2.05, 4.69) is 9.98 Å². The van der Waals surface area contributed by atoms with E-state index in [1.165, 1.54) is 24.3 Å². The number of phenolic OH excluding ortho intramolecular Hbond substituents is 4. The number of benzene rings is 4. The summed E-state index contributed by atoms with van der Waals surface area (Å²) in [7, 11) is 0. The Bertz CT molecular complexity index is 1200. The molecule has 0 aromatic heterocycles. The molecule has 0 bridgehead atoms. The number of rotatable bonds is 4. The molecule has 0 fully saturated rings. The van der Waals surface area contributed by atoms with Crippen LogP contribution in [0.5, 0.6) is 23.0 Å². The summed E-state index contributed by atoms with van der Waals surface area (Å²) in [6.07, 6.45) is 3.23. The standard InChI is InChI=1S/C24H18N2O4/c27-21-9-7-15(11-23(21)29)13-25-19-5-1-3-17-18(19)4-2-6-20(17)26-14-16-8-10-22(28)24(30)12-16/h1-14,27-30H. The van der Waals surface area contributed by atoms with E-state index in [0.29, 0.717) is 11.1 Å². The molecule has 30 heavy (non-hydrogen) atoms. The summed E-state index contributed by atoms with van der Waals surface area (Å²) in [5.41, 5.74) is 2.78. The minimum atomic E-state index is -0.200. The quantitative estimate of drug-likeness (QED) is 0.281. The maximum absolute atomic E-state index is 9.63. The molecule has 4 rings (SSSR count). The second kappa shape index (κ2) is 7.97. The van der Waals surface area contributed by atoms with E-state index in [1.807, 2.05) is 36.4 Å². The van der Waals surface area contributed by atoms with E-state index in [-0.39, 0.29) is 23.0 Å². The lowest BCUT2D eigenvalue weighted by molar-refractivity contribution is 0.403. The van der Waals surface area contributed by atoms with Gasteiger partial charge in [0.15, 0.2) is 23.0 Å². The summed E-state index contributed by atoms with van der Waals surface area (Å²) in [6, 6.07) is 20.4. The van der Waals surface area contributed by atoms with E-state index >= 15 is 0 Å². The largest absolute Gasteiger partial charge is 0.504 e. The molecule has 0 unspecified atom stereocenters. The summed E-state index contributed by atoms with van der Waals surface area (Å²) < 4.78 is 0. The van der Waals surface area contributed by atoms with Crippen LogP contribution < -0.4 is 0 Å². The van der Waals surface area contributed by atoms with Gasteiger partial charge in [-0.1, -0.05) is 24.3 Å². The first-order chi connectivity index (χ1) is 14.5. The number of phenols is 4. The topological polar surface area (TPSA) is 106 Å². The van der Waals surface area contributed by atoms with E-state index in [4.69, 9.17) is 0 Å². The van der Waals surface area contributed by atoms with Crippen LogP contribution in [-0.4, -0.2) is 32.9 Å². The zero-order valence-electron chi connectivity index (χ0n) is 15.8. The molecule has 4 aromatic carbocycles. The Morgan fingerprint density at radius 1 is 0.500 bits per heavy atom. The van der Waals surface area contributed by atoms with Crippen LogP contribution in [0, 0.1) is 0 Å². The SMILES string of the molecule is Oc1ccc(C=Nc2cccc3c(N=Cc4ccc(O)c(O)c4)cccc23)cc1O. The smallest absolute Gasteiger partial charge is 0.158 e. The zero-order valence-corrected chi connectivity index (χ0v) is 15.8. The van der Waals surface area contributed by atoms with Crippen LogP contribution in [0.25, 0.3) is 10.8 Å². The van der Waals surface area contributed by atoms with Gasteiger partial charge in [-0.15, -0.1) is 0 Å². The summed E-state index contributed by atoms with van der Waals surface area (Å²) in [6.45, 7) is 0. The fourth-order valence-electron chi connectivity index (χ4n) is 3.03. The van der Waals surface area contributed by atoms with Crippen molar-refractivity contribution in [3.63, 3.8) is 0 Å². The highest BCUT2D eigenvalue weighted by Gasteiger charge is 2.05. The third-order valence-electron chi connectivity index (χ3n) is 4.58. The van der Waals surface area contributed by atoms with Gasteiger partial charge < -0.3 is 20.4 Å². The van der Waals surface area contributed by atoms with Gasteiger partial charge in [-0.2, -0.15) is 0 Å². The van der Waals surface area contributed by atoms with Gasteiger partial charge in [0, 0.05) is 23.2 Å². The summed E-state index contributed by atoms with van der Waals surface area (Å²) >= 11 is 0. The molecule has 6 nitrogen and oxygen atoms in total. The Morgan fingerprint density at radius 3 is 1.33 bits per heavy atom. The van der Waals surface area contributed by atoms with Gasteiger partial charge in [-0.05, 0) is 59.7 Å². The van der Waals surface area contributed by atoms with Crippen molar-refractivity contribution in [2.45, 2.75) is 0 Å². The zero-order chi connectivity index (χ0) is 21.1. The Kier molecular flexibility index (Phi) is 5.05. The molecular weight excluding hydrogens is 380 g/mol. The highest BCUT2D eigenvalue weighted by molar-refractivity contribution is 6.02. The molecular formula is C24H18N2O4. The van der Waals surface area contributed by atoms with Crippen molar-refractivity contribution in [2.24, 2.45) is 9.98 Å². The number of aromatic hydroxyl groups is 4. The highest BCUT2D eigenvalue weighted by Crippen LogP contribution is 2.33.